The van der Waals surface area contributed by atoms with Gasteiger partial charge in [-0.3, -0.25) is 14.9 Å². The number of hydrogen-bond acceptors (Lipinski definition) is 4. The van der Waals surface area contributed by atoms with Crippen molar-refractivity contribution in [2.45, 2.75) is 0 Å². The van der Waals surface area contributed by atoms with E-state index in [1.807, 2.05) is 0 Å². The predicted molar refractivity (Wildman–Crippen MR) is 128 cm³/mol. The van der Waals surface area contributed by atoms with Gasteiger partial charge in [-0.15, -0.1) is 0 Å². The number of ether oxygens (including phenoxy) is 1. The Morgan fingerprint density at radius 1 is 0.839 bits per heavy atom. The summed E-state index contributed by atoms with van der Waals surface area (Å²) in [5.74, 6) is -0.0451. The third-order valence-electron chi connectivity index (χ3n) is 4.16. The molecule has 0 saturated carbocycles. The number of rotatable bonds is 5. The number of nitrogens with one attached hydrogen (secondary N) is 3. The zero-order valence-electron chi connectivity index (χ0n) is 16.2. The first-order chi connectivity index (χ1) is 14.9. The maximum Gasteiger partial charge on any atom is 0.257 e. The number of thiocarbonyl (C=S) groups is 1. The van der Waals surface area contributed by atoms with E-state index >= 15 is 0 Å². The number of halogens is 2. The standard InChI is InChI=1S/C22H17Cl2N3O3S/c1-30-17-9-2-13(3-10-17)20(28)27-22(31)26-16-7-5-15(6-8-16)25-21(29)18-11-4-14(23)12-19(18)24/h2-12H,1H3,(H,25,29)(H2,26,27,28,31). The molecule has 0 radical (unpaired) electrons. The molecule has 0 aliphatic heterocycles. The van der Waals surface area contributed by atoms with Crippen LogP contribution in [0.3, 0.4) is 0 Å². The molecular formula is C22H17Cl2N3O3S. The van der Waals surface area contributed by atoms with Crippen LogP contribution in [0.15, 0.2) is 66.7 Å². The second kappa shape index (κ2) is 10.3. The molecule has 0 atom stereocenters. The molecule has 0 heterocycles. The minimum atomic E-state index is -0.357. The lowest BCUT2D eigenvalue weighted by atomic mass is 10.2. The van der Waals surface area contributed by atoms with E-state index in [0.29, 0.717) is 33.3 Å². The number of hydrogen-bond donors (Lipinski definition) is 3. The Bertz CT molecular complexity index is 1120. The molecule has 0 fully saturated rings. The summed E-state index contributed by atoms with van der Waals surface area (Å²) in [4.78, 5) is 24.6. The maximum absolute atomic E-state index is 12.4. The lowest BCUT2D eigenvalue weighted by Crippen LogP contribution is -2.34. The van der Waals surface area contributed by atoms with Gasteiger partial charge in [0.25, 0.3) is 11.8 Å². The van der Waals surface area contributed by atoms with E-state index in [9.17, 15) is 9.59 Å². The summed E-state index contributed by atoms with van der Waals surface area (Å²) in [5.41, 5.74) is 1.97. The van der Waals surface area contributed by atoms with Gasteiger partial charge in [0.15, 0.2) is 5.11 Å². The second-order valence-electron chi connectivity index (χ2n) is 6.29. The van der Waals surface area contributed by atoms with Gasteiger partial charge < -0.3 is 15.4 Å². The van der Waals surface area contributed by atoms with Crippen LogP contribution in [0.2, 0.25) is 10.0 Å². The molecule has 2 amide bonds. The molecule has 0 unspecified atom stereocenters. The molecule has 3 rings (SSSR count). The lowest BCUT2D eigenvalue weighted by Gasteiger charge is -2.11. The summed E-state index contributed by atoms with van der Waals surface area (Å²) in [6.07, 6.45) is 0. The number of carbonyl (C=O) groups is 2. The summed E-state index contributed by atoms with van der Waals surface area (Å²) < 4.78 is 5.07. The summed E-state index contributed by atoms with van der Waals surface area (Å²) in [6.45, 7) is 0. The molecule has 31 heavy (non-hydrogen) atoms. The first-order valence-electron chi connectivity index (χ1n) is 8.98. The first kappa shape index (κ1) is 22.6. The van der Waals surface area contributed by atoms with Crippen molar-refractivity contribution in [1.29, 1.82) is 0 Å². The highest BCUT2D eigenvalue weighted by molar-refractivity contribution is 7.80. The number of amides is 2. The van der Waals surface area contributed by atoms with E-state index in [1.165, 1.54) is 6.07 Å². The predicted octanol–water partition coefficient (Wildman–Crippen LogP) is 5.38. The van der Waals surface area contributed by atoms with Crippen LogP contribution in [-0.4, -0.2) is 24.0 Å². The average molecular weight is 474 g/mol. The van der Waals surface area contributed by atoms with Crippen molar-refractivity contribution < 1.29 is 14.3 Å². The Hall–Kier alpha value is -3.13. The Kier molecular flexibility index (Phi) is 7.46. The highest BCUT2D eigenvalue weighted by atomic mass is 35.5. The van der Waals surface area contributed by atoms with Crippen LogP contribution in [-0.2, 0) is 0 Å². The molecule has 3 aromatic carbocycles. The summed E-state index contributed by atoms with van der Waals surface area (Å²) in [5, 5.41) is 9.14. The fraction of sp³-hybridized carbons (Fsp3) is 0.0455. The van der Waals surface area contributed by atoms with Crippen molar-refractivity contribution in [3.8, 4) is 5.75 Å². The van der Waals surface area contributed by atoms with Gasteiger partial charge in [-0.1, -0.05) is 23.2 Å². The Morgan fingerprint density at radius 3 is 2.03 bits per heavy atom. The Morgan fingerprint density at radius 2 is 1.45 bits per heavy atom. The van der Waals surface area contributed by atoms with Crippen molar-refractivity contribution in [2.24, 2.45) is 0 Å². The molecule has 0 spiro atoms. The van der Waals surface area contributed by atoms with Crippen LogP contribution in [0, 0.1) is 0 Å². The number of benzene rings is 3. The van der Waals surface area contributed by atoms with Crippen LogP contribution < -0.4 is 20.7 Å². The van der Waals surface area contributed by atoms with Gasteiger partial charge in [0, 0.05) is 22.0 Å². The van der Waals surface area contributed by atoms with Gasteiger partial charge in [-0.25, -0.2) is 0 Å². The molecule has 9 heteroatoms. The smallest absolute Gasteiger partial charge is 0.257 e. The fourth-order valence-electron chi connectivity index (χ4n) is 2.59. The van der Waals surface area contributed by atoms with Gasteiger partial charge >= 0.3 is 0 Å². The van der Waals surface area contributed by atoms with E-state index < -0.39 is 0 Å². The average Bonchev–Trinajstić information content (AvgIpc) is 2.75. The van der Waals surface area contributed by atoms with Crippen molar-refractivity contribution in [3.63, 3.8) is 0 Å². The zero-order chi connectivity index (χ0) is 22.4. The molecular weight excluding hydrogens is 457 g/mol. The molecule has 6 nitrogen and oxygen atoms in total. The molecule has 158 valence electrons. The summed E-state index contributed by atoms with van der Waals surface area (Å²) >= 11 is 17.1. The number of anilines is 2. The minimum Gasteiger partial charge on any atom is -0.497 e. The topological polar surface area (TPSA) is 79.5 Å². The molecule has 0 bridgehead atoms. The van der Waals surface area contributed by atoms with Crippen molar-refractivity contribution in [1.82, 2.24) is 5.32 Å². The van der Waals surface area contributed by atoms with Crippen LogP contribution >= 0.6 is 35.4 Å². The minimum absolute atomic E-state index is 0.144. The van der Waals surface area contributed by atoms with Gasteiger partial charge in [0.05, 0.1) is 17.7 Å². The van der Waals surface area contributed by atoms with Crippen molar-refractivity contribution in [2.75, 3.05) is 17.7 Å². The second-order valence-corrected chi connectivity index (χ2v) is 7.54. The van der Waals surface area contributed by atoms with E-state index in [0.717, 1.165) is 0 Å². The largest absolute Gasteiger partial charge is 0.497 e. The summed E-state index contributed by atoms with van der Waals surface area (Å²) in [7, 11) is 1.55. The van der Waals surface area contributed by atoms with Gasteiger partial charge in [-0.05, 0) is 78.9 Å². The third-order valence-corrected chi connectivity index (χ3v) is 4.91. The van der Waals surface area contributed by atoms with Crippen molar-refractivity contribution >= 4 is 63.7 Å². The molecule has 3 N–H and O–H groups in total. The highest BCUT2D eigenvalue weighted by Gasteiger charge is 2.12. The van der Waals surface area contributed by atoms with Gasteiger partial charge in [-0.2, -0.15) is 0 Å². The Balaban J connectivity index is 1.56. The van der Waals surface area contributed by atoms with E-state index in [2.05, 4.69) is 16.0 Å². The van der Waals surface area contributed by atoms with Gasteiger partial charge in [0.2, 0.25) is 0 Å². The first-order valence-corrected chi connectivity index (χ1v) is 10.1. The molecule has 0 saturated heterocycles. The molecule has 0 aliphatic rings. The molecule has 3 aromatic rings. The highest BCUT2D eigenvalue weighted by Crippen LogP contribution is 2.22. The monoisotopic (exact) mass is 473 g/mol. The zero-order valence-corrected chi connectivity index (χ0v) is 18.6. The van der Waals surface area contributed by atoms with Crippen LogP contribution in [0.5, 0.6) is 5.75 Å². The quantitative estimate of drug-likeness (QED) is 0.433. The number of carbonyl (C=O) groups excluding carboxylic acids is 2. The van der Waals surface area contributed by atoms with Gasteiger partial charge in [0.1, 0.15) is 5.75 Å². The molecule has 0 aromatic heterocycles. The number of methoxy groups -OCH3 is 1. The maximum atomic E-state index is 12.4. The van der Waals surface area contributed by atoms with Crippen molar-refractivity contribution in [3.05, 3.63) is 87.9 Å². The summed E-state index contributed by atoms with van der Waals surface area (Å²) in [6, 6.07) is 18.1. The SMILES string of the molecule is COc1ccc(C(=O)NC(=S)Nc2ccc(NC(=O)c3ccc(Cl)cc3Cl)cc2)cc1. The van der Waals surface area contributed by atoms with Crippen LogP contribution in [0.1, 0.15) is 20.7 Å². The van der Waals surface area contributed by atoms with E-state index in [4.69, 9.17) is 40.2 Å². The fourth-order valence-corrected chi connectivity index (χ4v) is 3.29. The Labute approximate surface area is 194 Å². The van der Waals surface area contributed by atoms with E-state index in [1.54, 1.807) is 67.8 Å². The molecule has 0 aliphatic carbocycles. The van der Waals surface area contributed by atoms with Crippen LogP contribution in [0.25, 0.3) is 0 Å². The normalized spacial score (nSPS) is 10.2. The third kappa shape index (κ3) is 6.18. The van der Waals surface area contributed by atoms with E-state index in [-0.39, 0.29) is 21.9 Å². The van der Waals surface area contributed by atoms with Crippen LogP contribution in [0.4, 0.5) is 11.4 Å². The lowest BCUT2D eigenvalue weighted by molar-refractivity contribution is 0.0976.